The maximum Gasteiger partial charge on any atom is 0.253 e. The van der Waals surface area contributed by atoms with Crippen molar-refractivity contribution >= 4 is 34.4 Å². The van der Waals surface area contributed by atoms with E-state index in [2.05, 4.69) is 11.8 Å². The molecule has 1 saturated heterocycles. The monoisotopic (exact) mass is 490 g/mol. The Bertz CT molecular complexity index is 1360. The summed E-state index contributed by atoms with van der Waals surface area (Å²) in [6.07, 6.45) is 0.713. The van der Waals surface area contributed by atoms with E-state index in [-0.39, 0.29) is 5.91 Å². The third kappa shape index (κ3) is 4.41. The number of carbonyl (C=O) groups is 1. The van der Waals surface area contributed by atoms with Crippen LogP contribution in [0.5, 0.6) is 5.75 Å². The first kappa shape index (κ1) is 23.1. The van der Waals surface area contributed by atoms with Gasteiger partial charge in [0.25, 0.3) is 5.91 Å². The molecule has 0 saturated carbocycles. The van der Waals surface area contributed by atoms with Gasteiger partial charge < -0.3 is 14.5 Å². The molecule has 0 bridgehead atoms. The normalized spacial score (nSPS) is 13.9. The van der Waals surface area contributed by atoms with Crippen molar-refractivity contribution in [3.8, 4) is 11.4 Å². The van der Waals surface area contributed by atoms with Gasteiger partial charge in [0, 0.05) is 43.2 Å². The second-order valence-electron chi connectivity index (χ2n) is 8.50. The first-order valence-electron chi connectivity index (χ1n) is 11.7. The minimum Gasteiger partial charge on any atom is -0.497 e. The molecule has 35 heavy (non-hydrogen) atoms. The molecule has 1 aliphatic heterocycles. The summed E-state index contributed by atoms with van der Waals surface area (Å²) in [7, 11) is 1.65. The van der Waals surface area contributed by atoms with E-state index in [0.717, 1.165) is 39.8 Å². The zero-order valence-corrected chi connectivity index (χ0v) is 20.8. The molecule has 9 heteroatoms. The van der Waals surface area contributed by atoms with Gasteiger partial charge in [0.2, 0.25) is 0 Å². The van der Waals surface area contributed by atoms with E-state index < -0.39 is 0 Å². The van der Waals surface area contributed by atoms with Gasteiger partial charge in [0.15, 0.2) is 5.65 Å². The summed E-state index contributed by atoms with van der Waals surface area (Å²) in [6, 6.07) is 14.8. The second-order valence-corrected chi connectivity index (χ2v) is 8.93. The summed E-state index contributed by atoms with van der Waals surface area (Å²) < 4.78 is 7.17. The summed E-state index contributed by atoms with van der Waals surface area (Å²) >= 11 is 5.97. The molecule has 8 nitrogen and oxygen atoms in total. The molecule has 0 unspecified atom stereocenters. The zero-order chi connectivity index (χ0) is 24.5. The van der Waals surface area contributed by atoms with E-state index in [0.29, 0.717) is 43.2 Å². The van der Waals surface area contributed by atoms with Crippen LogP contribution in [-0.2, 0) is 6.42 Å². The molecule has 5 rings (SSSR count). The van der Waals surface area contributed by atoms with Crippen LogP contribution in [0.1, 0.15) is 28.8 Å². The van der Waals surface area contributed by atoms with E-state index in [9.17, 15) is 4.79 Å². The average Bonchev–Trinajstić information content (AvgIpc) is 3.24. The van der Waals surface area contributed by atoms with Gasteiger partial charge >= 0.3 is 0 Å². The van der Waals surface area contributed by atoms with Crippen LogP contribution >= 0.6 is 11.6 Å². The predicted octanol–water partition coefficient (Wildman–Crippen LogP) is 4.31. The number of methoxy groups -OCH3 is 1. The second kappa shape index (κ2) is 9.54. The number of carbonyl (C=O) groups excluding carboxylic acids is 1. The number of aryl methyl sites for hydroxylation is 2. The highest BCUT2D eigenvalue weighted by molar-refractivity contribution is 6.30. The van der Waals surface area contributed by atoms with E-state index in [1.807, 2.05) is 40.8 Å². The van der Waals surface area contributed by atoms with Crippen LogP contribution in [0.25, 0.3) is 16.7 Å². The van der Waals surface area contributed by atoms with Crippen molar-refractivity contribution in [2.75, 3.05) is 38.2 Å². The Balaban J connectivity index is 1.45. The SMILES string of the molecule is CCc1nc(N2CCN(C(=O)c3ccc(Cl)cc3)CC2)c2c(C)nn(-c3ccc(OC)cc3)c2n1. The molecule has 2 aromatic heterocycles. The molecule has 4 aromatic rings. The number of benzene rings is 2. The Hall–Kier alpha value is -3.65. The van der Waals surface area contributed by atoms with Crippen molar-refractivity contribution in [3.05, 3.63) is 70.6 Å². The molecule has 0 atom stereocenters. The van der Waals surface area contributed by atoms with Gasteiger partial charge in [-0.3, -0.25) is 4.79 Å². The smallest absolute Gasteiger partial charge is 0.253 e. The van der Waals surface area contributed by atoms with Crippen molar-refractivity contribution in [1.29, 1.82) is 0 Å². The van der Waals surface area contributed by atoms with Crippen LogP contribution in [0.3, 0.4) is 0 Å². The zero-order valence-electron chi connectivity index (χ0n) is 20.0. The van der Waals surface area contributed by atoms with Gasteiger partial charge in [-0.2, -0.15) is 5.10 Å². The van der Waals surface area contributed by atoms with Gasteiger partial charge in [-0.25, -0.2) is 14.6 Å². The van der Waals surface area contributed by atoms with Gasteiger partial charge in [0.1, 0.15) is 17.4 Å². The number of amides is 1. The van der Waals surface area contributed by atoms with Crippen LogP contribution in [0.2, 0.25) is 5.02 Å². The summed E-state index contributed by atoms with van der Waals surface area (Å²) in [5, 5.41) is 6.37. The molecule has 180 valence electrons. The van der Waals surface area contributed by atoms with Gasteiger partial charge in [-0.05, 0) is 55.5 Å². The van der Waals surface area contributed by atoms with Crippen LogP contribution in [-0.4, -0.2) is 63.8 Å². The van der Waals surface area contributed by atoms with Crippen molar-refractivity contribution in [3.63, 3.8) is 0 Å². The molecule has 1 fully saturated rings. The summed E-state index contributed by atoms with van der Waals surface area (Å²) in [5.41, 5.74) is 3.22. The highest BCUT2D eigenvalue weighted by Crippen LogP contribution is 2.30. The Morgan fingerprint density at radius 3 is 2.31 bits per heavy atom. The first-order valence-corrected chi connectivity index (χ1v) is 12.1. The highest BCUT2D eigenvalue weighted by atomic mass is 35.5. The van der Waals surface area contributed by atoms with E-state index in [1.165, 1.54) is 0 Å². The lowest BCUT2D eigenvalue weighted by molar-refractivity contribution is 0.0746. The largest absolute Gasteiger partial charge is 0.497 e. The summed E-state index contributed by atoms with van der Waals surface area (Å²) in [5.74, 6) is 2.45. The molecule has 3 heterocycles. The summed E-state index contributed by atoms with van der Waals surface area (Å²) in [6.45, 7) is 6.62. The Kier molecular flexibility index (Phi) is 6.30. The minimum atomic E-state index is 0.0203. The number of halogens is 1. The molecular weight excluding hydrogens is 464 g/mol. The molecule has 1 amide bonds. The molecular formula is C26H27ClN6O2. The average molecular weight is 491 g/mol. The van der Waals surface area contributed by atoms with Gasteiger partial charge in [-0.1, -0.05) is 18.5 Å². The fourth-order valence-electron chi connectivity index (χ4n) is 4.39. The third-order valence-corrected chi connectivity index (χ3v) is 6.57. The topological polar surface area (TPSA) is 76.4 Å². The van der Waals surface area contributed by atoms with E-state index >= 15 is 0 Å². The quantitative estimate of drug-likeness (QED) is 0.415. The van der Waals surface area contributed by atoms with Crippen LogP contribution in [0.4, 0.5) is 5.82 Å². The number of nitrogens with zero attached hydrogens (tertiary/aromatic N) is 6. The maximum atomic E-state index is 12.9. The van der Waals surface area contributed by atoms with Crippen molar-refractivity contribution in [1.82, 2.24) is 24.6 Å². The molecule has 1 aliphatic rings. The lowest BCUT2D eigenvalue weighted by Crippen LogP contribution is -2.49. The third-order valence-electron chi connectivity index (χ3n) is 6.32. The van der Waals surface area contributed by atoms with E-state index in [4.69, 9.17) is 31.4 Å². The fraction of sp³-hybridized carbons (Fsp3) is 0.308. The standard InChI is InChI=1S/C26H27ClN6O2/c1-4-22-28-24(31-13-15-32(16-14-31)26(34)18-5-7-19(27)8-6-18)23-17(2)30-33(25(23)29-22)20-9-11-21(35-3)12-10-20/h5-12H,4,13-16H2,1-3H3. The molecule has 0 N–H and O–H groups in total. The number of fused-ring (bicyclic) bond motifs is 1. The highest BCUT2D eigenvalue weighted by Gasteiger charge is 2.26. The number of ether oxygens (including phenoxy) is 1. The van der Waals surface area contributed by atoms with Gasteiger partial charge in [0.05, 0.1) is 23.9 Å². The number of piperazine rings is 1. The van der Waals surface area contributed by atoms with E-state index in [1.54, 1.807) is 31.4 Å². The Labute approximate surface area is 209 Å². The lowest BCUT2D eigenvalue weighted by Gasteiger charge is -2.35. The number of hydrogen-bond donors (Lipinski definition) is 0. The Morgan fingerprint density at radius 2 is 1.69 bits per heavy atom. The van der Waals surface area contributed by atoms with Crippen LogP contribution < -0.4 is 9.64 Å². The van der Waals surface area contributed by atoms with Crippen LogP contribution in [0.15, 0.2) is 48.5 Å². The van der Waals surface area contributed by atoms with Crippen LogP contribution in [0, 0.1) is 6.92 Å². The Morgan fingerprint density at radius 1 is 1.00 bits per heavy atom. The number of hydrogen-bond acceptors (Lipinski definition) is 6. The predicted molar refractivity (Wildman–Crippen MR) is 137 cm³/mol. The van der Waals surface area contributed by atoms with Gasteiger partial charge in [-0.15, -0.1) is 0 Å². The lowest BCUT2D eigenvalue weighted by atomic mass is 10.1. The number of anilines is 1. The molecule has 2 aromatic carbocycles. The first-order chi connectivity index (χ1) is 17.0. The minimum absolute atomic E-state index is 0.0203. The molecule has 0 radical (unpaired) electrons. The number of rotatable bonds is 5. The number of aromatic nitrogens is 4. The van der Waals surface area contributed by atoms with Crippen molar-refractivity contribution in [2.24, 2.45) is 0 Å². The fourth-order valence-corrected chi connectivity index (χ4v) is 4.52. The van der Waals surface area contributed by atoms with Crippen molar-refractivity contribution < 1.29 is 9.53 Å². The maximum absolute atomic E-state index is 12.9. The molecule has 0 aliphatic carbocycles. The summed E-state index contributed by atoms with van der Waals surface area (Å²) in [4.78, 5) is 26.8. The van der Waals surface area contributed by atoms with Crippen molar-refractivity contribution in [2.45, 2.75) is 20.3 Å². The molecule has 0 spiro atoms.